The normalized spacial score (nSPS) is 22.4. The average molecular weight is 403 g/mol. The molecule has 1 unspecified atom stereocenters. The zero-order valence-corrected chi connectivity index (χ0v) is 19.5. The SMILES string of the molecule is [2H]C([2H])([2H])C1(C)c2c(C)n(C(C)C)[n+]3c4c(C(C)C)cccc4c4cccc(c4c23)C1(C)C. The van der Waals surface area contributed by atoms with Gasteiger partial charge in [-0.3, -0.25) is 0 Å². The molecule has 0 radical (unpaired) electrons. The summed E-state index contributed by atoms with van der Waals surface area (Å²) in [6.07, 6.45) is 0. The van der Waals surface area contributed by atoms with Gasteiger partial charge < -0.3 is 0 Å². The van der Waals surface area contributed by atoms with E-state index in [1.54, 1.807) is 0 Å². The molecule has 1 atom stereocenters. The molecule has 2 aromatic heterocycles. The predicted octanol–water partition coefficient (Wildman–Crippen LogP) is 7.11. The van der Waals surface area contributed by atoms with E-state index in [0.29, 0.717) is 5.92 Å². The summed E-state index contributed by atoms with van der Waals surface area (Å²) >= 11 is 0. The van der Waals surface area contributed by atoms with Crippen molar-refractivity contribution in [1.82, 2.24) is 4.68 Å². The lowest BCUT2D eigenvalue weighted by Crippen LogP contribution is -2.44. The second-order valence-corrected chi connectivity index (χ2v) is 10.4. The van der Waals surface area contributed by atoms with Crippen molar-refractivity contribution in [2.45, 2.75) is 85.0 Å². The monoisotopic (exact) mass is 402 g/mol. The summed E-state index contributed by atoms with van der Waals surface area (Å²) in [6.45, 7) is 15.0. The lowest BCUT2D eigenvalue weighted by atomic mass is 9.57. The minimum absolute atomic E-state index is 0.182. The number of aromatic nitrogens is 2. The van der Waals surface area contributed by atoms with Gasteiger partial charge in [0.05, 0.1) is 28.1 Å². The lowest BCUT2D eigenvalue weighted by molar-refractivity contribution is -0.587. The second kappa shape index (κ2) is 5.87. The Morgan fingerprint density at radius 2 is 1.57 bits per heavy atom. The van der Waals surface area contributed by atoms with Gasteiger partial charge in [0, 0.05) is 20.5 Å². The largest absolute Gasteiger partial charge is 0.250 e. The van der Waals surface area contributed by atoms with E-state index in [1.807, 2.05) is 6.92 Å². The van der Waals surface area contributed by atoms with Crippen LogP contribution in [0.4, 0.5) is 0 Å². The molecule has 0 saturated carbocycles. The van der Waals surface area contributed by atoms with Crippen LogP contribution in [0.1, 0.15) is 93.8 Å². The van der Waals surface area contributed by atoms with E-state index in [2.05, 4.69) is 94.1 Å². The summed E-state index contributed by atoms with van der Waals surface area (Å²) < 4.78 is 31.0. The van der Waals surface area contributed by atoms with E-state index in [0.717, 1.165) is 22.3 Å². The number of fused-ring (bicyclic) bond motifs is 3. The number of nitrogens with zero attached hydrogens (tertiary/aromatic N) is 2. The molecule has 4 aromatic rings. The molecule has 0 N–H and O–H groups in total. The molecule has 0 fully saturated rings. The summed E-state index contributed by atoms with van der Waals surface area (Å²) in [5, 5.41) is 3.65. The highest BCUT2D eigenvalue weighted by atomic mass is 15.4. The molecule has 2 aromatic carbocycles. The smallest absolute Gasteiger partial charge is 0.149 e. The fourth-order valence-electron chi connectivity index (χ4n) is 5.93. The number of hydrogen-bond donors (Lipinski definition) is 0. The first kappa shape index (κ1) is 16.4. The molecule has 0 amide bonds. The molecule has 1 aliphatic rings. The Balaban J connectivity index is 2.25. The quantitative estimate of drug-likeness (QED) is 0.249. The van der Waals surface area contributed by atoms with Gasteiger partial charge in [-0.1, -0.05) is 76.3 Å². The fourth-order valence-corrected chi connectivity index (χ4v) is 5.93. The van der Waals surface area contributed by atoms with E-state index in [1.165, 1.54) is 27.2 Å². The number of benzene rings is 2. The number of para-hydroxylation sites is 1. The molecule has 2 nitrogen and oxygen atoms in total. The van der Waals surface area contributed by atoms with Crippen LogP contribution >= 0.6 is 0 Å². The maximum atomic E-state index is 8.78. The van der Waals surface area contributed by atoms with Gasteiger partial charge in [-0.15, -0.1) is 4.68 Å². The van der Waals surface area contributed by atoms with Crippen LogP contribution < -0.4 is 4.52 Å². The van der Waals surface area contributed by atoms with E-state index < -0.39 is 17.7 Å². The standard InChI is InChI=1S/C28H35N2/c1-16(2)19-12-10-14-21-20-13-11-15-22-23(20)26-24(28(8,9)27(22,6)7)18(5)29(17(3)4)30(26)25(19)21/h10-17H,1-9H3/q+1/i8D3. The highest BCUT2D eigenvalue weighted by Crippen LogP contribution is 2.53. The van der Waals surface area contributed by atoms with Crippen molar-refractivity contribution in [3.63, 3.8) is 0 Å². The average Bonchev–Trinajstić information content (AvgIpc) is 3.04. The maximum absolute atomic E-state index is 8.78. The summed E-state index contributed by atoms with van der Waals surface area (Å²) in [5.74, 6) is 0.345. The van der Waals surface area contributed by atoms with E-state index >= 15 is 0 Å². The Labute approximate surface area is 184 Å². The molecule has 30 heavy (non-hydrogen) atoms. The Bertz CT molecular complexity index is 1450. The van der Waals surface area contributed by atoms with Gasteiger partial charge in [-0.2, -0.15) is 0 Å². The third-order valence-corrected chi connectivity index (χ3v) is 7.77. The van der Waals surface area contributed by atoms with Crippen molar-refractivity contribution in [3.05, 3.63) is 58.8 Å². The van der Waals surface area contributed by atoms with Crippen molar-refractivity contribution in [2.75, 3.05) is 0 Å². The first-order chi connectivity index (χ1) is 15.3. The summed E-state index contributed by atoms with van der Waals surface area (Å²) in [7, 11) is 0. The Hall–Kier alpha value is -2.35. The highest BCUT2D eigenvalue weighted by molar-refractivity contribution is 6.13. The van der Waals surface area contributed by atoms with Crippen LogP contribution in [0, 0.1) is 6.92 Å². The van der Waals surface area contributed by atoms with Gasteiger partial charge in [0.15, 0.2) is 0 Å². The van der Waals surface area contributed by atoms with E-state index in [9.17, 15) is 0 Å². The van der Waals surface area contributed by atoms with Crippen LogP contribution in [0.25, 0.3) is 27.2 Å². The fraction of sp³-hybridized carbons (Fsp3) is 0.464. The summed E-state index contributed by atoms with van der Waals surface area (Å²) in [4.78, 5) is 0. The van der Waals surface area contributed by atoms with Gasteiger partial charge in [0.1, 0.15) is 0 Å². The minimum atomic E-state index is -2.16. The van der Waals surface area contributed by atoms with Crippen molar-refractivity contribution >= 4 is 27.2 Å². The zero-order valence-electron chi connectivity index (χ0n) is 22.5. The van der Waals surface area contributed by atoms with Gasteiger partial charge in [-0.05, 0) is 43.7 Å². The van der Waals surface area contributed by atoms with Gasteiger partial charge in [0.2, 0.25) is 11.0 Å². The molecule has 5 rings (SSSR count). The number of pyridine rings is 1. The molecular weight excluding hydrogens is 364 g/mol. The van der Waals surface area contributed by atoms with Crippen LogP contribution in [-0.2, 0) is 10.8 Å². The van der Waals surface area contributed by atoms with Crippen LogP contribution in [0.15, 0.2) is 36.4 Å². The zero-order chi connectivity index (χ0) is 24.2. The van der Waals surface area contributed by atoms with E-state index in [4.69, 9.17) is 4.11 Å². The molecule has 0 aliphatic heterocycles. The molecule has 0 bridgehead atoms. The maximum Gasteiger partial charge on any atom is 0.250 e. The third-order valence-electron chi connectivity index (χ3n) is 7.77. The molecule has 2 heterocycles. The first-order valence-electron chi connectivity index (χ1n) is 12.7. The van der Waals surface area contributed by atoms with Crippen LogP contribution in [0.2, 0.25) is 0 Å². The summed E-state index contributed by atoms with van der Waals surface area (Å²) in [6, 6.07) is 13.3. The molecule has 0 spiro atoms. The van der Waals surface area contributed by atoms with Gasteiger partial charge >= 0.3 is 0 Å². The topological polar surface area (TPSA) is 9.03 Å². The molecule has 1 aliphatic carbocycles. The Kier molecular flexibility index (Phi) is 3.20. The highest BCUT2D eigenvalue weighted by Gasteiger charge is 2.51. The first-order valence-corrected chi connectivity index (χ1v) is 11.2. The van der Waals surface area contributed by atoms with Crippen molar-refractivity contribution in [1.29, 1.82) is 0 Å². The van der Waals surface area contributed by atoms with Crippen molar-refractivity contribution in [2.24, 2.45) is 0 Å². The van der Waals surface area contributed by atoms with Crippen LogP contribution in [-0.4, -0.2) is 4.68 Å². The minimum Gasteiger partial charge on any atom is -0.149 e. The second-order valence-electron chi connectivity index (χ2n) is 10.4. The number of hydrogen-bond acceptors (Lipinski definition) is 0. The van der Waals surface area contributed by atoms with Crippen molar-refractivity contribution < 1.29 is 8.63 Å². The molecule has 156 valence electrons. The van der Waals surface area contributed by atoms with Crippen LogP contribution in [0.5, 0.6) is 0 Å². The Morgan fingerprint density at radius 1 is 0.900 bits per heavy atom. The van der Waals surface area contributed by atoms with Gasteiger partial charge in [0.25, 0.3) is 0 Å². The van der Waals surface area contributed by atoms with Crippen molar-refractivity contribution in [3.8, 4) is 0 Å². The molecular formula is C28H35N2+. The Morgan fingerprint density at radius 3 is 2.20 bits per heavy atom. The lowest BCUT2D eigenvalue weighted by Gasteiger charge is -2.44. The predicted molar refractivity (Wildman–Crippen MR) is 128 cm³/mol. The van der Waals surface area contributed by atoms with Gasteiger partial charge in [-0.25, -0.2) is 0 Å². The van der Waals surface area contributed by atoms with E-state index in [-0.39, 0.29) is 6.04 Å². The van der Waals surface area contributed by atoms with Crippen LogP contribution in [0.3, 0.4) is 0 Å². The third kappa shape index (κ3) is 2.08. The number of rotatable bonds is 2. The molecule has 2 heteroatoms. The summed E-state index contributed by atoms with van der Waals surface area (Å²) in [5.41, 5.74) is 5.11. The molecule has 0 saturated heterocycles.